The van der Waals surface area contributed by atoms with Gasteiger partial charge in [0, 0.05) is 29.1 Å². The first-order chi connectivity index (χ1) is 13.7. The summed E-state index contributed by atoms with van der Waals surface area (Å²) in [6, 6.07) is 13.0. The average Bonchev–Trinajstić information content (AvgIpc) is 3.43. The van der Waals surface area contributed by atoms with Crippen molar-refractivity contribution in [2.45, 2.75) is 28.8 Å². The number of anilines is 2. The number of hydrogen-bond donors (Lipinski definition) is 2. The van der Waals surface area contributed by atoms with Gasteiger partial charge in [0.2, 0.25) is 0 Å². The Hall–Kier alpha value is -3.00. The fourth-order valence-corrected chi connectivity index (χ4v) is 3.75. The van der Waals surface area contributed by atoms with E-state index in [9.17, 15) is 8.78 Å². The molecule has 4 aromatic rings. The smallest absolute Gasteiger partial charge is 0.195 e. The van der Waals surface area contributed by atoms with E-state index in [1.165, 1.54) is 25.0 Å². The number of para-hydroxylation sites is 1. The zero-order chi connectivity index (χ0) is 19.1. The summed E-state index contributed by atoms with van der Waals surface area (Å²) in [5.74, 6) is 0.572. The first kappa shape index (κ1) is 17.1. The fourth-order valence-electron chi connectivity index (χ4n) is 2.98. The second kappa shape index (κ2) is 6.87. The van der Waals surface area contributed by atoms with Gasteiger partial charge in [0.15, 0.2) is 11.0 Å². The van der Waals surface area contributed by atoms with Crippen LogP contribution in [0.1, 0.15) is 24.5 Å². The third-order valence-corrected chi connectivity index (χ3v) is 5.46. The summed E-state index contributed by atoms with van der Waals surface area (Å²) >= 11 is 1.05. The maximum atomic E-state index is 14.0. The highest BCUT2D eigenvalue weighted by atomic mass is 32.2. The van der Waals surface area contributed by atoms with Crippen molar-refractivity contribution in [3.05, 3.63) is 65.9 Å². The Morgan fingerprint density at radius 3 is 2.71 bits per heavy atom. The van der Waals surface area contributed by atoms with Crippen LogP contribution in [0.2, 0.25) is 0 Å². The van der Waals surface area contributed by atoms with Crippen LogP contribution < -0.4 is 5.32 Å². The van der Waals surface area contributed by atoms with Crippen LogP contribution in [0.15, 0.2) is 58.6 Å². The van der Waals surface area contributed by atoms with Crippen LogP contribution >= 0.6 is 11.8 Å². The molecular formula is C20H15F2N5S. The van der Waals surface area contributed by atoms with Crippen molar-refractivity contribution in [1.82, 2.24) is 20.2 Å². The first-order valence-electron chi connectivity index (χ1n) is 8.88. The predicted octanol–water partition coefficient (Wildman–Crippen LogP) is 5.40. The molecule has 0 aliphatic heterocycles. The zero-order valence-electron chi connectivity index (χ0n) is 14.6. The van der Waals surface area contributed by atoms with Crippen LogP contribution in [0, 0.1) is 11.6 Å². The van der Waals surface area contributed by atoms with Gasteiger partial charge < -0.3 is 5.32 Å². The van der Waals surface area contributed by atoms with Gasteiger partial charge in [0.05, 0.1) is 10.4 Å². The number of hydrogen-bond acceptors (Lipinski definition) is 5. The van der Waals surface area contributed by atoms with Crippen LogP contribution in [-0.4, -0.2) is 20.2 Å². The van der Waals surface area contributed by atoms with Gasteiger partial charge in [-0.2, -0.15) is 5.10 Å². The molecule has 0 bridgehead atoms. The Labute approximate surface area is 163 Å². The topological polar surface area (TPSA) is 66.5 Å². The molecule has 1 saturated carbocycles. The van der Waals surface area contributed by atoms with E-state index in [-0.39, 0.29) is 4.90 Å². The minimum atomic E-state index is -0.641. The normalized spacial score (nSPS) is 13.8. The summed E-state index contributed by atoms with van der Waals surface area (Å²) in [6.45, 7) is 0. The molecule has 140 valence electrons. The largest absolute Gasteiger partial charge is 0.323 e. The van der Waals surface area contributed by atoms with Gasteiger partial charge >= 0.3 is 0 Å². The number of nitrogens with zero attached hydrogens (tertiary/aromatic N) is 3. The van der Waals surface area contributed by atoms with Crippen molar-refractivity contribution < 1.29 is 8.78 Å². The van der Waals surface area contributed by atoms with Crippen LogP contribution in [0.25, 0.3) is 10.9 Å². The molecule has 2 heterocycles. The lowest BCUT2D eigenvalue weighted by atomic mass is 10.2. The third kappa shape index (κ3) is 3.43. The third-order valence-electron chi connectivity index (χ3n) is 4.54. The SMILES string of the molecule is Fc1ccc(Sc2nc(Nc3cc(C4CC4)[nH]n3)c3ccccc3n2)c(F)c1. The number of aromatic nitrogens is 4. The van der Waals surface area contributed by atoms with Crippen LogP contribution in [0.5, 0.6) is 0 Å². The number of H-pyrrole nitrogens is 1. The van der Waals surface area contributed by atoms with Crippen molar-refractivity contribution in [2.24, 2.45) is 0 Å². The van der Waals surface area contributed by atoms with Crippen molar-refractivity contribution >= 4 is 34.3 Å². The molecule has 0 saturated heterocycles. The number of rotatable bonds is 5. The molecule has 5 rings (SSSR count). The molecule has 0 spiro atoms. The van der Waals surface area contributed by atoms with E-state index in [0.717, 1.165) is 34.4 Å². The Morgan fingerprint density at radius 1 is 1.04 bits per heavy atom. The van der Waals surface area contributed by atoms with Crippen molar-refractivity contribution in [2.75, 3.05) is 5.32 Å². The number of halogens is 2. The summed E-state index contributed by atoms with van der Waals surface area (Å²) in [4.78, 5) is 9.32. The van der Waals surface area contributed by atoms with Gasteiger partial charge in [0.1, 0.15) is 17.5 Å². The van der Waals surface area contributed by atoms with Gasteiger partial charge in [0.25, 0.3) is 0 Å². The number of benzene rings is 2. The molecule has 5 nitrogen and oxygen atoms in total. The highest BCUT2D eigenvalue weighted by molar-refractivity contribution is 7.99. The second-order valence-corrected chi connectivity index (χ2v) is 7.67. The maximum Gasteiger partial charge on any atom is 0.195 e. The van der Waals surface area contributed by atoms with Gasteiger partial charge in [-0.3, -0.25) is 5.10 Å². The molecule has 0 amide bonds. The minimum Gasteiger partial charge on any atom is -0.323 e. The lowest BCUT2D eigenvalue weighted by molar-refractivity contribution is 0.565. The Morgan fingerprint density at radius 2 is 1.89 bits per heavy atom. The first-order valence-corrected chi connectivity index (χ1v) is 9.69. The molecule has 1 fully saturated rings. The summed E-state index contributed by atoms with van der Waals surface area (Å²) < 4.78 is 27.2. The van der Waals surface area contributed by atoms with Crippen LogP contribution in [0.4, 0.5) is 20.4 Å². The fraction of sp³-hybridized carbons (Fsp3) is 0.150. The highest BCUT2D eigenvalue weighted by Gasteiger charge is 2.25. The molecule has 28 heavy (non-hydrogen) atoms. The molecule has 2 N–H and O–H groups in total. The zero-order valence-corrected chi connectivity index (χ0v) is 15.4. The average molecular weight is 395 g/mol. The Kier molecular flexibility index (Phi) is 4.20. The highest BCUT2D eigenvalue weighted by Crippen LogP contribution is 2.40. The minimum absolute atomic E-state index is 0.262. The Bertz CT molecular complexity index is 1170. The number of nitrogens with one attached hydrogen (secondary N) is 2. The summed E-state index contributed by atoms with van der Waals surface area (Å²) in [5, 5.41) is 11.8. The summed E-state index contributed by atoms with van der Waals surface area (Å²) in [5.41, 5.74) is 1.84. The van der Waals surface area contributed by atoms with Crippen LogP contribution in [-0.2, 0) is 0 Å². The predicted molar refractivity (Wildman–Crippen MR) is 104 cm³/mol. The maximum absolute atomic E-state index is 14.0. The van der Waals surface area contributed by atoms with Gasteiger partial charge in [-0.1, -0.05) is 12.1 Å². The van der Waals surface area contributed by atoms with Crippen molar-refractivity contribution in [3.63, 3.8) is 0 Å². The number of fused-ring (bicyclic) bond motifs is 1. The molecule has 1 aliphatic rings. The lowest BCUT2D eigenvalue weighted by Crippen LogP contribution is -1.99. The number of aromatic amines is 1. The van der Waals surface area contributed by atoms with Gasteiger partial charge in [-0.05, 0) is 48.9 Å². The van der Waals surface area contributed by atoms with E-state index in [1.807, 2.05) is 30.3 Å². The van der Waals surface area contributed by atoms with Gasteiger partial charge in [-0.15, -0.1) is 0 Å². The molecule has 0 atom stereocenters. The van der Waals surface area contributed by atoms with E-state index in [0.29, 0.717) is 22.7 Å². The summed E-state index contributed by atoms with van der Waals surface area (Å²) in [7, 11) is 0. The van der Waals surface area contributed by atoms with E-state index in [1.54, 1.807) is 0 Å². The van der Waals surface area contributed by atoms with E-state index in [4.69, 9.17) is 0 Å². The second-order valence-electron chi connectivity index (χ2n) is 6.66. The molecule has 0 unspecified atom stereocenters. The molecular weight excluding hydrogens is 380 g/mol. The lowest BCUT2D eigenvalue weighted by Gasteiger charge is -2.09. The standard InChI is InChI=1S/C20H15F2N5S/c21-12-7-8-17(14(22)9-12)28-20-23-15-4-2-1-3-13(15)19(25-20)24-18-10-16(26-27-18)11-5-6-11/h1-4,7-11H,5-6H2,(H2,23,24,25,26,27). The van der Waals surface area contributed by atoms with Crippen molar-refractivity contribution in [3.8, 4) is 0 Å². The molecule has 2 aromatic heterocycles. The molecule has 8 heteroatoms. The molecule has 2 aromatic carbocycles. The van der Waals surface area contributed by atoms with E-state index in [2.05, 4.69) is 25.5 Å². The van der Waals surface area contributed by atoms with Gasteiger partial charge in [-0.25, -0.2) is 18.7 Å². The monoisotopic (exact) mass is 395 g/mol. The molecule has 0 radical (unpaired) electrons. The van der Waals surface area contributed by atoms with E-state index < -0.39 is 11.6 Å². The van der Waals surface area contributed by atoms with Crippen LogP contribution in [0.3, 0.4) is 0 Å². The summed E-state index contributed by atoms with van der Waals surface area (Å²) in [6.07, 6.45) is 2.37. The molecule has 1 aliphatic carbocycles. The van der Waals surface area contributed by atoms with Crippen molar-refractivity contribution in [1.29, 1.82) is 0 Å². The quantitative estimate of drug-likeness (QED) is 0.443. The Balaban J connectivity index is 1.51. The van der Waals surface area contributed by atoms with E-state index >= 15 is 0 Å².